The van der Waals surface area contributed by atoms with Crippen LogP contribution in [0.15, 0.2) is 42.5 Å². The maximum Gasteiger partial charge on any atom is 0.258 e. The number of hydrogen-bond donors (Lipinski definition) is 1. The fourth-order valence-corrected chi connectivity index (χ4v) is 3.30. The van der Waals surface area contributed by atoms with Crippen LogP contribution in [0.3, 0.4) is 0 Å². The summed E-state index contributed by atoms with van der Waals surface area (Å²) in [5.74, 6) is 0.321. The molecule has 2 aromatic rings. The van der Waals surface area contributed by atoms with Gasteiger partial charge < -0.3 is 10.2 Å². The lowest BCUT2D eigenvalue weighted by Crippen LogP contribution is -2.29. The van der Waals surface area contributed by atoms with Gasteiger partial charge in [-0.05, 0) is 60.7 Å². The van der Waals surface area contributed by atoms with Gasteiger partial charge in [0.25, 0.3) is 5.91 Å². The van der Waals surface area contributed by atoms with Crippen LogP contribution < -0.4 is 10.2 Å². The fourth-order valence-electron chi connectivity index (χ4n) is 3.17. The van der Waals surface area contributed by atoms with E-state index >= 15 is 0 Å². The molecule has 25 heavy (non-hydrogen) atoms. The van der Waals surface area contributed by atoms with Gasteiger partial charge >= 0.3 is 0 Å². The highest BCUT2D eigenvalue weighted by atomic mass is 35.5. The summed E-state index contributed by atoms with van der Waals surface area (Å²) in [6.07, 6.45) is 2.85. The van der Waals surface area contributed by atoms with Gasteiger partial charge in [-0.25, -0.2) is 0 Å². The topological polar surface area (TPSA) is 49.4 Å². The third-order valence-corrected chi connectivity index (χ3v) is 5.05. The second-order valence-electron chi connectivity index (χ2n) is 6.67. The summed E-state index contributed by atoms with van der Waals surface area (Å²) in [5.41, 5.74) is 3.76. The van der Waals surface area contributed by atoms with E-state index < -0.39 is 0 Å². The number of rotatable bonds is 4. The van der Waals surface area contributed by atoms with Crippen LogP contribution >= 0.6 is 11.6 Å². The van der Waals surface area contributed by atoms with Crippen LogP contribution in [0.5, 0.6) is 0 Å². The van der Waals surface area contributed by atoms with Crippen molar-refractivity contribution in [3.63, 3.8) is 0 Å². The molecule has 0 atom stereocenters. The number of fused-ring (bicyclic) bond motifs is 1. The number of halogens is 1. The Morgan fingerprint density at radius 1 is 1.12 bits per heavy atom. The lowest BCUT2D eigenvalue weighted by molar-refractivity contribution is -0.122. The molecule has 0 bridgehead atoms. The zero-order valence-corrected chi connectivity index (χ0v) is 14.6. The molecule has 0 aromatic heterocycles. The van der Waals surface area contributed by atoms with E-state index in [9.17, 15) is 9.59 Å². The lowest BCUT2D eigenvalue weighted by Gasteiger charge is -2.18. The van der Waals surface area contributed by atoms with Crippen LogP contribution in [0.4, 0.5) is 5.69 Å². The molecule has 0 spiro atoms. The van der Waals surface area contributed by atoms with Crippen molar-refractivity contribution in [1.29, 1.82) is 0 Å². The number of hydrogen-bond acceptors (Lipinski definition) is 2. The molecule has 1 aliphatic heterocycles. The molecule has 0 radical (unpaired) electrons. The van der Waals surface area contributed by atoms with Gasteiger partial charge in [0.1, 0.15) is 0 Å². The smallest absolute Gasteiger partial charge is 0.258 e. The number of benzene rings is 2. The molecule has 2 aliphatic rings. The summed E-state index contributed by atoms with van der Waals surface area (Å²) in [6, 6.07) is 13.1. The number of carbonyl (C=O) groups excluding carboxylic acids is 2. The number of amides is 2. The first-order chi connectivity index (χ1) is 12.1. The average molecular weight is 355 g/mol. The van der Waals surface area contributed by atoms with Crippen LogP contribution in [0.2, 0.25) is 5.02 Å². The maximum absolute atomic E-state index is 12.8. The van der Waals surface area contributed by atoms with Crippen molar-refractivity contribution < 1.29 is 9.59 Å². The van der Waals surface area contributed by atoms with E-state index in [0.717, 1.165) is 30.5 Å². The minimum Gasteiger partial charge on any atom is -0.352 e. The van der Waals surface area contributed by atoms with Gasteiger partial charge in [-0.3, -0.25) is 9.59 Å². The molecule has 4 rings (SSSR count). The molecule has 1 heterocycles. The molecule has 1 fully saturated rings. The van der Waals surface area contributed by atoms with Gasteiger partial charge in [0.05, 0.1) is 0 Å². The summed E-state index contributed by atoms with van der Waals surface area (Å²) in [7, 11) is 0. The van der Waals surface area contributed by atoms with Gasteiger partial charge in [-0.15, -0.1) is 0 Å². The molecule has 0 saturated heterocycles. The Labute approximate surface area is 151 Å². The molecule has 128 valence electrons. The highest BCUT2D eigenvalue weighted by Gasteiger charge is 2.29. The zero-order valence-electron chi connectivity index (χ0n) is 13.8. The van der Waals surface area contributed by atoms with Crippen LogP contribution in [-0.4, -0.2) is 18.4 Å². The predicted octanol–water partition coefficient (Wildman–Crippen LogP) is 3.57. The Morgan fingerprint density at radius 3 is 2.60 bits per heavy atom. The van der Waals surface area contributed by atoms with E-state index in [0.29, 0.717) is 23.7 Å². The molecule has 5 heteroatoms. The zero-order chi connectivity index (χ0) is 17.4. The summed E-state index contributed by atoms with van der Waals surface area (Å²) in [5, 5.41) is 3.59. The van der Waals surface area contributed by atoms with Gasteiger partial charge in [0.15, 0.2) is 0 Å². The number of nitrogens with one attached hydrogen (secondary N) is 1. The molecule has 1 saturated carbocycles. The first-order valence-electron chi connectivity index (χ1n) is 8.59. The van der Waals surface area contributed by atoms with Crippen LogP contribution in [0, 0.1) is 5.92 Å². The Morgan fingerprint density at radius 2 is 1.88 bits per heavy atom. The number of anilines is 1. The first-order valence-corrected chi connectivity index (χ1v) is 8.96. The SMILES string of the molecule is O=C(NCc1ccc2c(c1)N(C(=O)c1ccc(Cl)cc1)CC2)C1CC1. The molecular weight excluding hydrogens is 336 g/mol. The Hall–Kier alpha value is -2.33. The van der Waals surface area contributed by atoms with Crippen molar-refractivity contribution in [3.8, 4) is 0 Å². The van der Waals surface area contributed by atoms with Crippen molar-refractivity contribution in [2.45, 2.75) is 25.8 Å². The largest absolute Gasteiger partial charge is 0.352 e. The van der Waals surface area contributed by atoms with Gasteiger partial charge in [-0.1, -0.05) is 23.7 Å². The molecule has 1 aliphatic carbocycles. The van der Waals surface area contributed by atoms with Crippen LogP contribution in [0.1, 0.15) is 34.3 Å². The minimum absolute atomic E-state index is 0.0189. The molecule has 4 nitrogen and oxygen atoms in total. The van der Waals surface area contributed by atoms with E-state index in [1.54, 1.807) is 24.3 Å². The average Bonchev–Trinajstić information content (AvgIpc) is 3.39. The van der Waals surface area contributed by atoms with Crippen molar-refractivity contribution in [1.82, 2.24) is 5.32 Å². The predicted molar refractivity (Wildman–Crippen MR) is 97.8 cm³/mol. The summed E-state index contributed by atoms with van der Waals surface area (Å²) < 4.78 is 0. The van der Waals surface area contributed by atoms with E-state index in [1.807, 2.05) is 17.0 Å². The molecular formula is C20H19ClN2O2. The molecule has 2 aromatic carbocycles. The van der Waals surface area contributed by atoms with Gasteiger partial charge in [0.2, 0.25) is 5.91 Å². The molecule has 2 amide bonds. The molecule has 1 N–H and O–H groups in total. The monoisotopic (exact) mass is 354 g/mol. The Kier molecular flexibility index (Phi) is 4.22. The van der Waals surface area contributed by atoms with Crippen LogP contribution in [-0.2, 0) is 17.8 Å². The fraction of sp³-hybridized carbons (Fsp3) is 0.300. The third-order valence-electron chi connectivity index (χ3n) is 4.80. The van der Waals surface area contributed by atoms with E-state index in [-0.39, 0.29) is 17.7 Å². The van der Waals surface area contributed by atoms with Crippen molar-refractivity contribution in [3.05, 3.63) is 64.2 Å². The first kappa shape index (κ1) is 16.2. The second kappa shape index (κ2) is 6.52. The van der Waals surface area contributed by atoms with Crippen molar-refractivity contribution in [2.24, 2.45) is 5.92 Å². The number of nitrogens with zero attached hydrogens (tertiary/aromatic N) is 1. The van der Waals surface area contributed by atoms with Crippen molar-refractivity contribution in [2.75, 3.05) is 11.4 Å². The summed E-state index contributed by atoms with van der Waals surface area (Å²) >= 11 is 5.91. The normalized spacial score (nSPS) is 15.8. The standard InChI is InChI=1S/C20H19ClN2O2/c21-17-7-5-16(6-8-17)20(25)23-10-9-14-2-1-13(11-18(14)23)12-22-19(24)15-3-4-15/h1-2,5-8,11,15H,3-4,9-10,12H2,(H,22,24). The van der Waals surface area contributed by atoms with Crippen LogP contribution in [0.25, 0.3) is 0 Å². The summed E-state index contributed by atoms with van der Waals surface area (Å²) in [4.78, 5) is 26.4. The highest BCUT2D eigenvalue weighted by Crippen LogP contribution is 2.31. The minimum atomic E-state index is -0.0189. The maximum atomic E-state index is 12.8. The lowest BCUT2D eigenvalue weighted by atomic mass is 10.1. The van der Waals surface area contributed by atoms with Gasteiger partial charge in [0, 0.05) is 35.3 Å². The van der Waals surface area contributed by atoms with Crippen molar-refractivity contribution >= 4 is 29.1 Å². The summed E-state index contributed by atoms with van der Waals surface area (Å²) in [6.45, 7) is 1.18. The van der Waals surface area contributed by atoms with Gasteiger partial charge in [-0.2, -0.15) is 0 Å². The Balaban J connectivity index is 1.51. The Bertz CT molecular complexity index is 828. The quantitative estimate of drug-likeness (QED) is 0.912. The third kappa shape index (κ3) is 3.40. The number of carbonyl (C=O) groups is 2. The second-order valence-corrected chi connectivity index (χ2v) is 7.11. The highest BCUT2D eigenvalue weighted by molar-refractivity contribution is 6.30. The molecule has 0 unspecified atom stereocenters. The van der Waals surface area contributed by atoms with E-state index in [1.165, 1.54) is 5.56 Å². The van der Waals surface area contributed by atoms with E-state index in [2.05, 4.69) is 11.4 Å². The van der Waals surface area contributed by atoms with E-state index in [4.69, 9.17) is 11.6 Å².